The second-order valence-electron chi connectivity index (χ2n) is 5.53. The maximum absolute atomic E-state index is 14.7. The molecule has 0 aliphatic rings. The molecule has 1 unspecified atom stereocenters. The van der Waals surface area contributed by atoms with Gasteiger partial charge in [0.1, 0.15) is 12.1 Å². The molecule has 0 aliphatic heterocycles. The monoisotopic (exact) mass is 322 g/mol. The number of benzene rings is 1. The van der Waals surface area contributed by atoms with E-state index >= 15 is 0 Å². The third-order valence-electron chi connectivity index (χ3n) is 3.70. The highest BCUT2D eigenvalue weighted by Gasteiger charge is 2.25. The van der Waals surface area contributed by atoms with Crippen molar-refractivity contribution < 1.29 is 4.39 Å². The first-order valence-corrected chi connectivity index (χ1v) is 7.26. The molecule has 3 aromatic rings. The summed E-state index contributed by atoms with van der Waals surface area (Å²) in [7, 11) is 0. The van der Waals surface area contributed by atoms with Crippen molar-refractivity contribution >= 4 is 17.3 Å². The van der Waals surface area contributed by atoms with E-state index in [1.54, 1.807) is 22.7 Å². The molecule has 0 amide bonds. The zero-order chi connectivity index (χ0) is 17.3. The fourth-order valence-corrected chi connectivity index (χ4v) is 2.40. The Morgan fingerprint density at radius 1 is 1.42 bits per heavy atom. The molecule has 0 radical (unpaired) electrons. The first-order valence-electron chi connectivity index (χ1n) is 7.26. The lowest BCUT2D eigenvalue weighted by atomic mass is 9.93. The van der Waals surface area contributed by atoms with E-state index < -0.39 is 5.67 Å². The van der Waals surface area contributed by atoms with Crippen LogP contribution in [0.25, 0.3) is 5.78 Å². The van der Waals surface area contributed by atoms with Crippen molar-refractivity contribution in [2.45, 2.75) is 19.5 Å². The van der Waals surface area contributed by atoms with Crippen LogP contribution in [-0.2, 0) is 5.67 Å². The molecule has 7 heteroatoms. The van der Waals surface area contributed by atoms with Gasteiger partial charge in [-0.05, 0) is 32.0 Å². The van der Waals surface area contributed by atoms with Crippen molar-refractivity contribution in [1.29, 1.82) is 5.26 Å². The average molecular weight is 322 g/mol. The van der Waals surface area contributed by atoms with E-state index in [-0.39, 0.29) is 11.1 Å². The van der Waals surface area contributed by atoms with Gasteiger partial charge in [0, 0.05) is 23.0 Å². The number of nitrogens with zero attached hydrogens (tertiary/aromatic N) is 5. The Morgan fingerprint density at radius 3 is 2.92 bits per heavy atom. The van der Waals surface area contributed by atoms with Gasteiger partial charge in [0.15, 0.2) is 5.67 Å². The zero-order valence-electron chi connectivity index (χ0n) is 13.3. The van der Waals surface area contributed by atoms with Crippen LogP contribution in [0.4, 0.5) is 15.9 Å². The summed E-state index contributed by atoms with van der Waals surface area (Å²) in [5, 5.41) is 16.5. The molecule has 1 aromatic carbocycles. The lowest BCUT2D eigenvalue weighted by Gasteiger charge is -2.19. The summed E-state index contributed by atoms with van der Waals surface area (Å²) in [6.07, 6.45) is 2.59. The maximum Gasteiger partial charge on any atom is 0.254 e. The van der Waals surface area contributed by atoms with Gasteiger partial charge in [0.05, 0.1) is 11.6 Å². The summed E-state index contributed by atoms with van der Waals surface area (Å²) in [6.45, 7) is 6.72. The molecule has 0 aliphatic carbocycles. The molecule has 0 fully saturated rings. The normalized spacial score (nSPS) is 13.2. The molecule has 3 rings (SSSR count). The van der Waals surface area contributed by atoms with Crippen LogP contribution >= 0.6 is 0 Å². The van der Waals surface area contributed by atoms with Crippen molar-refractivity contribution in [2.24, 2.45) is 0 Å². The second kappa shape index (κ2) is 5.74. The van der Waals surface area contributed by atoms with Crippen molar-refractivity contribution in [3.8, 4) is 6.07 Å². The standard InChI is InChI=1S/C17H15FN6/c1-4-17(3,18)14-8-13(6-5-12(14)9-19)23-15-7-11(2)22-16-20-10-21-24(15)16/h4-8,10,23H,1H2,2-3H3. The Labute approximate surface area is 138 Å². The molecular formula is C17H15FN6. The molecule has 120 valence electrons. The van der Waals surface area contributed by atoms with Crippen molar-refractivity contribution in [1.82, 2.24) is 19.6 Å². The Morgan fingerprint density at radius 2 is 2.21 bits per heavy atom. The Kier molecular flexibility index (Phi) is 3.73. The minimum atomic E-state index is -1.81. The van der Waals surface area contributed by atoms with Gasteiger partial charge < -0.3 is 5.32 Å². The minimum Gasteiger partial charge on any atom is -0.340 e. The van der Waals surface area contributed by atoms with Gasteiger partial charge >= 0.3 is 0 Å². The number of aryl methyl sites for hydroxylation is 1. The second-order valence-corrected chi connectivity index (χ2v) is 5.53. The van der Waals surface area contributed by atoms with Crippen LogP contribution in [0, 0.1) is 18.3 Å². The Balaban J connectivity index is 2.07. The van der Waals surface area contributed by atoms with Crippen molar-refractivity contribution in [3.63, 3.8) is 0 Å². The minimum absolute atomic E-state index is 0.255. The smallest absolute Gasteiger partial charge is 0.254 e. The lowest BCUT2D eigenvalue weighted by Crippen LogP contribution is -2.13. The molecule has 0 saturated heterocycles. The van der Waals surface area contributed by atoms with E-state index in [1.807, 2.05) is 19.1 Å². The molecule has 0 saturated carbocycles. The summed E-state index contributed by atoms with van der Waals surface area (Å²) >= 11 is 0. The molecule has 2 aromatic heterocycles. The van der Waals surface area contributed by atoms with Gasteiger partial charge in [-0.1, -0.05) is 12.7 Å². The highest BCUT2D eigenvalue weighted by molar-refractivity contribution is 5.62. The van der Waals surface area contributed by atoms with Crippen LogP contribution < -0.4 is 5.32 Å². The molecule has 2 heterocycles. The van der Waals surface area contributed by atoms with E-state index in [4.69, 9.17) is 0 Å². The fourth-order valence-electron chi connectivity index (χ4n) is 2.40. The summed E-state index contributed by atoms with van der Waals surface area (Å²) in [4.78, 5) is 8.33. The van der Waals surface area contributed by atoms with Gasteiger partial charge in [0.25, 0.3) is 5.78 Å². The Bertz CT molecular complexity index is 967. The lowest BCUT2D eigenvalue weighted by molar-refractivity contribution is 0.264. The van der Waals surface area contributed by atoms with E-state index in [0.29, 0.717) is 17.3 Å². The molecular weight excluding hydrogens is 307 g/mol. The largest absolute Gasteiger partial charge is 0.340 e. The number of halogens is 1. The van der Waals surface area contributed by atoms with Crippen LogP contribution in [0.2, 0.25) is 0 Å². The zero-order valence-corrected chi connectivity index (χ0v) is 13.3. The molecule has 1 atom stereocenters. The average Bonchev–Trinajstić information content (AvgIpc) is 3.03. The van der Waals surface area contributed by atoms with Gasteiger partial charge in [-0.25, -0.2) is 9.37 Å². The number of allylic oxidation sites excluding steroid dienone is 1. The highest BCUT2D eigenvalue weighted by atomic mass is 19.1. The molecule has 6 nitrogen and oxygen atoms in total. The number of hydrogen-bond donors (Lipinski definition) is 1. The van der Waals surface area contributed by atoms with Crippen molar-refractivity contribution in [3.05, 3.63) is 60.1 Å². The number of hydrogen-bond acceptors (Lipinski definition) is 5. The number of aromatic nitrogens is 4. The van der Waals surface area contributed by atoms with Gasteiger partial charge in [0.2, 0.25) is 0 Å². The summed E-state index contributed by atoms with van der Waals surface area (Å²) in [5.74, 6) is 1.11. The Hall–Kier alpha value is -3.27. The van der Waals surface area contributed by atoms with Crippen molar-refractivity contribution in [2.75, 3.05) is 5.32 Å². The predicted molar refractivity (Wildman–Crippen MR) is 88.6 cm³/mol. The topological polar surface area (TPSA) is 78.9 Å². The quantitative estimate of drug-likeness (QED) is 0.745. The SMILES string of the molecule is C=CC(C)(F)c1cc(Nc2cc(C)nc3ncnn23)ccc1C#N. The third-order valence-corrected chi connectivity index (χ3v) is 3.70. The fraction of sp³-hybridized carbons (Fsp3) is 0.176. The number of rotatable bonds is 4. The predicted octanol–water partition coefficient (Wildman–Crippen LogP) is 3.42. The van der Waals surface area contributed by atoms with Crippen LogP contribution in [-0.4, -0.2) is 19.6 Å². The van der Waals surface area contributed by atoms with E-state index in [0.717, 1.165) is 5.69 Å². The van der Waals surface area contributed by atoms with E-state index in [9.17, 15) is 9.65 Å². The summed E-state index contributed by atoms with van der Waals surface area (Å²) < 4.78 is 16.2. The first kappa shape index (κ1) is 15.6. The van der Waals surface area contributed by atoms with Crippen LogP contribution in [0.1, 0.15) is 23.7 Å². The van der Waals surface area contributed by atoms with Crippen LogP contribution in [0.3, 0.4) is 0 Å². The number of fused-ring (bicyclic) bond motifs is 1. The first-order chi connectivity index (χ1) is 11.4. The summed E-state index contributed by atoms with van der Waals surface area (Å²) in [6, 6.07) is 8.69. The number of nitriles is 1. The highest BCUT2D eigenvalue weighted by Crippen LogP contribution is 2.32. The number of nitrogens with one attached hydrogen (secondary N) is 1. The van der Waals surface area contributed by atoms with Crippen LogP contribution in [0.5, 0.6) is 0 Å². The molecule has 0 spiro atoms. The van der Waals surface area contributed by atoms with Gasteiger partial charge in [-0.2, -0.15) is 19.9 Å². The maximum atomic E-state index is 14.7. The number of anilines is 2. The molecule has 1 N–H and O–H groups in total. The van der Waals surface area contributed by atoms with Crippen LogP contribution in [0.15, 0.2) is 43.2 Å². The van der Waals surface area contributed by atoms with Gasteiger partial charge in [-0.15, -0.1) is 0 Å². The van der Waals surface area contributed by atoms with E-state index in [1.165, 1.54) is 19.3 Å². The van der Waals surface area contributed by atoms with Gasteiger partial charge in [-0.3, -0.25) is 0 Å². The molecule has 24 heavy (non-hydrogen) atoms. The third kappa shape index (κ3) is 2.70. The molecule has 0 bridgehead atoms. The summed E-state index contributed by atoms with van der Waals surface area (Å²) in [5.41, 5.74) is 0.109. The van der Waals surface area contributed by atoms with E-state index in [2.05, 4.69) is 27.0 Å². The number of alkyl halides is 1.